The van der Waals surface area contributed by atoms with E-state index in [2.05, 4.69) is 0 Å². The van der Waals surface area contributed by atoms with Crippen LogP contribution < -0.4 is 0 Å². The third kappa shape index (κ3) is 1.25. The highest BCUT2D eigenvalue weighted by Crippen LogP contribution is 2.32. The molecule has 0 aliphatic heterocycles. The molecule has 0 unspecified atom stereocenters. The van der Waals surface area contributed by atoms with Crippen LogP contribution in [0.15, 0.2) is 30.3 Å². The second kappa shape index (κ2) is 2.93. The Bertz CT molecular complexity index is 463. The average Bonchev–Trinajstić information content (AvgIpc) is 2.15. The van der Waals surface area contributed by atoms with E-state index < -0.39 is 0 Å². The molecule has 0 saturated carbocycles. The van der Waals surface area contributed by atoms with Gasteiger partial charge in [-0.2, -0.15) is 0 Å². The molecule has 1 nitrogen and oxygen atoms in total. The summed E-state index contributed by atoms with van der Waals surface area (Å²) in [5, 5.41) is 12.1. The summed E-state index contributed by atoms with van der Waals surface area (Å²) in [7, 11) is 0. The first-order valence-electron chi connectivity index (χ1n) is 4.07. The lowest BCUT2D eigenvalue weighted by Crippen LogP contribution is -1.80. The number of aromatic hydroxyl groups is 1. The van der Waals surface area contributed by atoms with Crippen molar-refractivity contribution in [3.05, 3.63) is 40.9 Å². The van der Waals surface area contributed by atoms with Gasteiger partial charge >= 0.3 is 0 Å². The van der Waals surface area contributed by atoms with Crippen LogP contribution in [0, 0.1) is 6.92 Å². The molecule has 0 fully saturated rings. The van der Waals surface area contributed by atoms with E-state index >= 15 is 0 Å². The summed E-state index contributed by atoms with van der Waals surface area (Å²) in [5.41, 5.74) is 0.736. The van der Waals surface area contributed by atoms with Gasteiger partial charge in [-0.1, -0.05) is 35.9 Å². The van der Waals surface area contributed by atoms with Gasteiger partial charge in [0.2, 0.25) is 0 Å². The van der Waals surface area contributed by atoms with Crippen molar-refractivity contribution in [1.29, 1.82) is 0 Å². The standard InChI is InChI=1S/C11H9ClO/c1-7-10(13)6-8-4-2-3-5-9(8)11(7)12/h2-6,13H,1H3. The van der Waals surface area contributed by atoms with Gasteiger partial charge in [-0.3, -0.25) is 0 Å². The van der Waals surface area contributed by atoms with E-state index in [0.717, 1.165) is 16.3 Å². The number of phenolic OH excluding ortho intramolecular Hbond substituents is 1. The van der Waals surface area contributed by atoms with Crippen LogP contribution in [-0.4, -0.2) is 5.11 Å². The van der Waals surface area contributed by atoms with Crippen molar-refractivity contribution in [2.75, 3.05) is 0 Å². The van der Waals surface area contributed by atoms with E-state index in [1.807, 2.05) is 31.2 Å². The molecule has 0 heterocycles. The van der Waals surface area contributed by atoms with Gasteiger partial charge in [-0.05, 0) is 18.4 Å². The number of phenols is 1. The van der Waals surface area contributed by atoms with Gasteiger partial charge in [0.05, 0.1) is 5.02 Å². The van der Waals surface area contributed by atoms with Gasteiger partial charge in [0, 0.05) is 10.9 Å². The van der Waals surface area contributed by atoms with E-state index in [0.29, 0.717) is 5.02 Å². The molecule has 0 aliphatic rings. The Kier molecular flexibility index (Phi) is 1.89. The van der Waals surface area contributed by atoms with Gasteiger partial charge < -0.3 is 5.11 Å². The molecule has 66 valence electrons. The Morgan fingerprint density at radius 1 is 1.23 bits per heavy atom. The minimum absolute atomic E-state index is 0.253. The minimum atomic E-state index is 0.253. The van der Waals surface area contributed by atoms with E-state index in [-0.39, 0.29) is 5.75 Å². The quantitative estimate of drug-likeness (QED) is 0.677. The molecule has 0 amide bonds. The van der Waals surface area contributed by atoms with Crippen LogP contribution in [0.2, 0.25) is 5.02 Å². The Balaban J connectivity index is 2.94. The lowest BCUT2D eigenvalue weighted by Gasteiger charge is -2.05. The molecular weight excluding hydrogens is 184 g/mol. The van der Waals surface area contributed by atoms with Crippen LogP contribution in [0.3, 0.4) is 0 Å². The Hall–Kier alpha value is -1.21. The number of benzene rings is 2. The van der Waals surface area contributed by atoms with Gasteiger partial charge in [0.25, 0.3) is 0 Å². The summed E-state index contributed by atoms with van der Waals surface area (Å²) >= 11 is 6.07. The van der Waals surface area contributed by atoms with Crippen molar-refractivity contribution in [3.63, 3.8) is 0 Å². The smallest absolute Gasteiger partial charge is 0.120 e. The van der Waals surface area contributed by atoms with Gasteiger partial charge in [-0.25, -0.2) is 0 Å². The van der Waals surface area contributed by atoms with Crippen LogP contribution in [-0.2, 0) is 0 Å². The summed E-state index contributed by atoms with van der Waals surface area (Å²) in [6, 6.07) is 9.47. The van der Waals surface area contributed by atoms with E-state index in [9.17, 15) is 5.11 Å². The number of hydrogen-bond acceptors (Lipinski definition) is 1. The van der Waals surface area contributed by atoms with Crippen LogP contribution in [0.1, 0.15) is 5.56 Å². The molecule has 0 aromatic heterocycles. The monoisotopic (exact) mass is 192 g/mol. The van der Waals surface area contributed by atoms with Crippen molar-refractivity contribution in [2.24, 2.45) is 0 Å². The van der Waals surface area contributed by atoms with Gasteiger partial charge in [0.15, 0.2) is 0 Å². The topological polar surface area (TPSA) is 20.2 Å². The van der Waals surface area contributed by atoms with Crippen molar-refractivity contribution in [2.45, 2.75) is 6.92 Å². The lowest BCUT2D eigenvalue weighted by atomic mass is 10.1. The van der Waals surface area contributed by atoms with Crippen LogP contribution in [0.5, 0.6) is 5.75 Å². The molecule has 0 aliphatic carbocycles. The molecule has 0 spiro atoms. The normalized spacial score (nSPS) is 10.6. The fourth-order valence-corrected chi connectivity index (χ4v) is 1.66. The highest BCUT2D eigenvalue weighted by Gasteiger charge is 2.05. The van der Waals surface area contributed by atoms with E-state index in [4.69, 9.17) is 11.6 Å². The van der Waals surface area contributed by atoms with Crippen molar-refractivity contribution in [1.82, 2.24) is 0 Å². The molecule has 2 aromatic rings. The fourth-order valence-electron chi connectivity index (χ4n) is 1.39. The highest BCUT2D eigenvalue weighted by molar-refractivity contribution is 6.36. The first kappa shape index (κ1) is 8.39. The lowest BCUT2D eigenvalue weighted by molar-refractivity contribution is 0.472. The van der Waals surface area contributed by atoms with Crippen molar-refractivity contribution >= 4 is 22.4 Å². The van der Waals surface area contributed by atoms with Crippen molar-refractivity contribution in [3.8, 4) is 5.75 Å². The summed E-state index contributed by atoms with van der Waals surface area (Å²) < 4.78 is 0. The number of halogens is 1. The average molecular weight is 193 g/mol. The molecule has 0 bridgehead atoms. The van der Waals surface area contributed by atoms with Crippen molar-refractivity contribution < 1.29 is 5.11 Å². The Labute approximate surface area is 81.6 Å². The maximum Gasteiger partial charge on any atom is 0.120 e. The zero-order valence-electron chi connectivity index (χ0n) is 7.21. The number of hydrogen-bond donors (Lipinski definition) is 1. The molecule has 2 rings (SSSR count). The van der Waals surface area contributed by atoms with Gasteiger partial charge in [0.1, 0.15) is 5.75 Å². The zero-order valence-corrected chi connectivity index (χ0v) is 7.97. The third-order valence-corrected chi connectivity index (χ3v) is 2.69. The second-order valence-electron chi connectivity index (χ2n) is 3.06. The molecule has 1 N–H and O–H groups in total. The summed E-state index contributed by atoms with van der Waals surface area (Å²) in [6.07, 6.45) is 0. The highest BCUT2D eigenvalue weighted by atomic mass is 35.5. The molecular formula is C11H9ClO. The SMILES string of the molecule is Cc1c(O)cc2ccccc2c1Cl. The predicted octanol–water partition coefficient (Wildman–Crippen LogP) is 3.51. The zero-order chi connectivity index (χ0) is 9.42. The molecule has 0 atom stereocenters. The maximum atomic E-state index is 9.51. The summed E-state index contributed by atoms with van der Waals surface area (Å²) in [4.78, 5) is 0. The van der Waals surface area contributed by atoms with E-state index in [1.54, 1.807) is 6.07 Å². The molecule has 2 aromatic carbocycles. The maximum absolute atomic E-state index is 9.51. The summed E-state index contributed by atoms with van der Waals surface area (Å²) in [5.74, 6) is 0.253. The van der Waals surface area contributed by atoms with Crippen LogP contribution in [0.25, 0.3) is 10.8 Å². The van der Waals surface area contributed by atoms with Crippen LogP contribution in [0.4, 0.5) is 0 Å². The van der Waals surface area contributed by atoms with E-state index in [1.165, 1.54) is 0 Å². The number of rotatable bonds is 0. The van der Waals surface area contributed by atoms with Gasteiger partial charge in [-0.15, -0.1) is 0 Å². The number of fused-ring (bicyclic) bond motifs is 1. The first-order valence-corrected chi connectivity index (χ1v) is 4.45. The molecule has 0 radical (unpaired) electrons. The molecule has 0 saturated heterocycles. The second-order valence-corrected chi connectivity index (χ2v) is 3.43. The Morgan fingerprint density at radius 2 is 1.92 bits per heavy atom. The largest absolute Gasteiger partial charge is 0.508 e. The summed E-state index contributed by atoms with van der Waals surface area (Å²) in [6.45, 7) is 1.81. The Morgan fingerprint density at radius 3 is 2.69 bits per heavy atom. The third-order valence-electron chi connectivity index (χ3n) is 2.20. The fraction of sp³-hybridized carbons (Fsp3) is 0.0909. The first-order chi connectivity index (χ1) is 6.20. The minimum Gasteiger partial charge on any atom is -0.508 e. The predicted molar refractivity (Wildman–Crippen MR) is 55.4 cm³/mol. The van der Waals surface area contributed by atoms with Crippen LogP contribution >= 0.6 is 11.6 Å². The molecule has 13 heavy (non-hydrogen) atoms. The molecule has 2 heteroatoms.